The molecule has 3 heteroatoms. The van der Waals surface area contributed by atoms with Crippen LogP contribution in [-0.2, 0) is 0 Å². The van der Waals surface area contributed by atoms with Crippen LogP contribution in [0.2, 0.25) is 0 Å². The van der Waals surface area contributed by atoms with Crippen LogP contribution >= 0.6 is 0 Å². The monoisotopic (exact) mass is 219 g/mol. The van der Waals surface area contributed by atoms with E-state index in [1.165, 1.54) is 12.8 Å². The van der Waals surface area contributed by atoms with Gasteiger partial charge >= 0.3 is 5.97 Å². The summed E-state index contributed by atoms with van der Waals surface area (Å²) in [6.45, 7) is 4.31. The van der Waals surface area contributed by atoms with Crippen LogP contribution in [0.15, 0.2) is 24.3 Å². The SMILES string of the molecule is CCC1CCN(c2cccc(C(=O)O)c2)C1. The van der Waals surface area contributed by atoms with E-state index < -0.39 is 5.97 Å². The molecule has 2 rings (SSSR count). The largest absolute Gasteiger partial charge is 0.478 e. The Hall–Kier alpha value is -1.51. The Balaban J connectivity index is 2.15. The van der Waals surface area contributed by atoms with Gasteiger partial charge in [-0.25, -0.2) is 4.79 Å². The Labute approximate surface area is 95.7 Å². The van der Waals surface area contributed by atoms with E-state index in [0.29, 0.717) is 5.56 Å². The molecule has 0 spiro atoms. The van der Waals surface area contributed by atoms with Crippen molar-refractivity contribution >= 4 is 11.7 Å². The Morgan fingerprint density at radius 2 is 2.38 bits per heavy atom. The third-order valence-corrected chi connectivity index (χ3v) is 3.32. The molecule has 1 atom stereocenters. The van der Waals surface area contributed by atoms with Crippen LogP contribution in [0.3, 0.4) is 0 Å². The normalized spacial score (nSPS) is 20.1. The first-order valence-corrected chi connectivity index (χ1v) is 5.79. The van der Waals surface area contributed by atoms with Gasteiger partial charge < -0.3 is 10.0 Å². The number of anilines is 1. The van der Waals surface area contributed by atoms with Gasteiger partial charge in [-0.3, -0.25) is 0 Å². The lowest BCUT2D eigenvalue weighted by atomic mass is 10.1. The number of nitrogens with zero attached hydrogens (tertiary/aromatic N) is 1. The maximum atomic E-state index is 10.9. The van der Waals surface area contributed by atoms with E-state index in [2.05, 4.69) is 11.8 Å². The molecule has 0 amide bonds. The van der Waals surface area contributed by atoms with Crippen molar-refractivity contribution in [1.82, 2.24) is 0 Å². The third-order valence-electron chi connectivity index (χ3n) is 3.32. The average Bonchev–Trinajstić information content (AvgIpc) is 2.77. The Bertz CT molecular complexity index is 389. The zero-order chi connectivity index (χ0) is 11.5. The lowest BCUT2D eigenvalue weighted by molar-refractivity contribution is 0.0697. The summed E-state index contributed by atoms with van der Waals surface area (Å²) in [4.78, 5) is 13.1. The van der Waals surface area contributed by atoms with Crippen LogP contribution in [0.5, 0.6) is 0 Å². The molecule has 1 aliphatic rings. The zero-order valence-corrected chi connectivity index (χ0v) is 9.52. The minimum absolute atomic E-state index is 0.373. The number of rotatable bonds is 3. The topological polar surface area (TPSA) is 40.5 Å². The van der Waals surface area contributed by atoms with Crippen molar-refractivity contribution in [1.29, 1.82) is 0 Å². The second-order valence-corrected chi connectivity index (χ2v) is 4.36. The summed E-state index contributed by atoms with van der Waals surface area (Å²) in [6, 6.07) is 7.21. The highest BCUT2D eigenvalue weighted by Gasteiger charge is 2.21. The highest BCUT2D eigenvalue weighted by atomic mass is 16.4. The maximum Gasteiger partial charge on any atom is 0.335 e. The van der Waals surface area contributed by atoms with Crippen molar-refractivity contribution in [3.63, 3.8) is 0 Å². The van der Waals surface area contributed by atoms with Crippen LogP contribution in [-0.4, -0.2) is 24.2 Å². The highest BCUT2D eigenvalue weighted by molar-refractivity contribution is 5.88. The van der Waals surface area contributed by atoms with Gasteiger partial charge in [0.15, 0.2) is 0 Å². The first-order valence-electron chi connectivity index (χ1n) is 5.79. The molecule has 0 bridgehead atoms. The quantitative estimate of drug-likeness (QED) is 0.849. The van der Waals surface area contributed by atoms with E-state index in [0.717, 1.165) is 24.7 Å². The molecular formula is C13H17NO2. The van der Waals surface area contributed by atoms with Gasteiger partial charge in [-0.2, -0.15) is 0 Å². The minimum atomic E-state index is -0.854. The van der Waals surface area contributed by atoms with E-state index in [1.807, 2.05) is 12.1 Å². The highest BCUT2D eigenvalue weighted by Crippen LogP contribution is 2.25. The van der Waals surface area contributed by atoms with E-state index >= 15 is 0 Å². The first-order chi connectivity index (χ1) is 7.70. The molecule has 1 aromatic rings. The number of carboxylic acid groups (broad SMARTS) is 1. The second kappa shape index (κ2) is 4.56. The summed E-state index contributed by atoms with van der Waals surface area (Å²) in [5.74, 6) is -0.0958. The van der Waals surface area contributed by atoms with Gasteiger partial charge in [0.05, 0.1) is 5.56 Å². The summed E-state index contributed by atoms with van der Waals surface area (Å²) < 4.78 is 0. The van der Waals surface area contributed by atoms with Crippen molar-refractivity contribution in [2.24, 2.45) is 5.92 Å². The Morgan fingerprint density at radius 1 is 1.56 bits per heavy atom. The summed E-state index contributed by atoms with van der Waals surface area (Å²) in [5, 5.41) is 8.93. The maximum absolute atomic E-state index is 10.9. The molecule has 1 heterocycles. The lowest BCUT2D eigenvalue weighted by Gasteiger charge is -2.18. The standard InChI is InChI=1S/C13H17NO2/c1-2-10-6-7-14(9-10)12-5-3-4-11(8-12)13(15)16/h3-5,8,10H,2,6-7,9H2,1H3,(H,15,16). The minimum Gasteiger partial charge on any atom is -0.478 e. The summed E-state index contributed by atoms with van der Waals surface area (Å²) >= 11 is 0. The summed E-state index contributed by atoms with van der Waals surface area (Å²) in [5.41, 5.74) is 1.41. The number of carbonyl (C=O) groups is 1. The molecule has 86 valence electrons. The first kappa shape index (κ1) is 11.0. The van der Waals surface area contributed by atoms with Crippen LogP contribution < -0.4 is 4.90 Å². The lowest BCUT2D eigenvalue weighted by Crippen LogP contribution is -2.19. The average molecular weight is 219 g/mol. The van der Waals surface area contributed by atoms with E-state index in [4.69, 9.17) is 5.11 Å². The second-order valence-electron chi connectivity index (χ2n) is 4.36. The fourth-order valence-corrected chi connectivity index (χ4v) is 2.24. The molecule has 1 aliphatic heterocycles. The number of hydrogen-bond donors (Lipinski definition) is 1. The van der Waals surface area contributed by atoms with Crippen LogP contribution in [0, 0.1) is 5.92 Å². The van der Waals surface area contributed by atoms with Gasteiger partial charge in [0.25, 0.3) is 0 Å². The number of carboxylic acids is 1. The summed E-state index contributed by atoms with van der Waals surface area (Å²) in [7, 11) is 0. The molecule has 1 unspecified atom stereocenters. The fourth-order valence-electron chi connectivity index (χ4n) is 2.24. The summed E-state index contributed by atoms with van der Waals surface area (Å²) in [6.07, 6.45) is 2.42. The van der Waals surface area contributed by atoms with E-state index in [-0.39, 0.29) is 0 Å². The molecule has 1 aromatic carbocycles. The molecule has 0 aromatic heterocycles. The van der Waals surface area contributed by atoms with E-state index in [9.17, 15) is 4.79 Å². The van der Waals surface area contributed by atoms with Gasteiger partial charge in [0, 0.05) is 18.8 Å². The van der Waals surface area contributed by atoms with E-state index in [1.54, 1.807) is 12.1 Å². The van der Waals surface area contributed by atoms with Crippen molar-refractivity contribution in [2.75, 3.05) is 18.0 Å². The molecular weight excluding hydrogens is 202 g/mol. The van der Waals surface area contributed by atoms with Crippen LogP contribution in [0.1, 0.15) is 30.1 Å². The Kier molecular flexibility index (Phi) is 3.13. The van der Waals surface area contributed by atoms with Gasteiger partial charge in [-0.1, -0.05) is 19.4 Å². The molecule has 1 fully saturated rings. The molecule has 3 nitrogen and oxygen atoms in total. The van der Waals surface area contributed by atoms with Crippen molar-refractivity contribution in [2.45, 2.75) is 19.8 Å². The number of benzene rings is 1. The smallest absolute Gasteiger partial charge is 0.335 e. The van der Waals surface area contributed by atoms with Gasteiger partial charge in [0.1, 0.15) is 0 Å². The van der Waals surface area contributed by atoms with Crippen molar-refractivity contribution in [3.05, 3.63) is 29.8 Å². The van der Waals surface area contributed by atoms with Crippen molar-refractivity contribution in [3.8, 4) is 0 Å². The molecule has 0 radical (unpaired) electrons. The van der Waals surface area contributed by atoms with Gasteiger partial charge in [-0.05, 0) is 30.5 Å². The molecule has 0 aliphatic carbocycles. The zero-order valence-electron chi connectivity index (χ0n) is 9.52. The number of aromatic carboxylic acids is 1. The third kappa shape index (κ3) is 2.18. The number of hydrogen-bond acceptors (Lipinski definition) is 2. The predicted molar refractivity (Wildman–Crippen MR) is 64.0 cm³/mol. The molecule has 1 saturated heterocycles. The predicted octanol–water partition coefficient (Wildman–Crippen LogP) is 2.62. The van der Waals surface area contributed by atoms with Gasteiger partial charge in [-0.15, -0.1) is 0 Å². The fraction of sp³-hybridized carbons (Fsp3) is 0.462. The molecule has 16 heavy (non-hydrogen) atoms. The molecule has 0 saturated carbocycles. The van der Waals surface area contributed by atoms with Crippen LogP contribution in [0.4, 0.5) is 5.69 Å². The Morgan fingerprint density at radius 3 is 3.00 bits per heavy atom. The van der Waals surface area contributed by atoms with Gasteiger partial charge in [0.2, 0.25) is 0 Å². The van der Waals surface area contributed by atoms with Crippen molar-refractivity contribution < 1.29 is 9.90 Å². The molecule has 1 N–H and O–H groups in total. The van der Waals surface area contributed by atoms with Crippen LogP contribution in [0.25, 0.3) is 0 Å².